The number of nitrogens with one attached hydrogen (secondary N) is 2. The van der Waals surface area contributed by atoms with Crippen molar-refractivity contribution in [2.45, 2.75) is 32.4 Å². The number of hydrogen-bond acceptors (Lipinski definition) is 3. The predicted molar refractivity (Wildman–Crippen MR) is 78.1 cm³/mol. The highest BCUT2D eigenvalue weighted by atomic mass is 79.9. The number of piperazine rings is 1. The highest BCUT2D eigenvalue weighted by Gasteiger charge is 2.36. The SMILES string of the molecule is CC[C@H](C)[C@@H]1NC(=O)C(c2ccc(O)c(Br)c2)NC1=O. The van der Waals surface area contributed by atoms with E-state index < -0.39 is 12.1 Å². The van der Waals surface area contributed by atoms with Crippen LogP contribution in [0.25, 0.3) is 0 Å². The van der Waals surface area contributed by atoms with Gasteiger partial charge in [0.1, 0.15) is 17.8 Å². The molecule has 1 fully saturated rings. The highest BCUT2D eigenvalue weighted by molar-refractivity contribution is 9.10. The first-order valence-corrected chi connectivity index (χ1v) is 7.32. The molecule has 0 aliphatic carbocycles. The molecule has 6 heteroatoms. The molecule has 3 N–H and O–H groups in total. The lowest BCUT2D eigenvalue weighted by atomic mass is 9.94. The van der Waals surface area contributed by atoms with Gasteiger partial charge in [-0.3, -0.25) is 9.59 Å². The molecule has 0 bridgehead atoms. The van der Waals surface area contributed by atoms with Crippen molar-refractivity contribution in [2.24, 2.45) is 5.92 Å². The van der Waals surface area contributed by atoms with Crippen LogP contribution >= 0.6 is 15.9 Å². The van der Waals surface area contributed by atoms with Gasteiger partial charge in [-0.25, -0.2) is 0 Å². The fourth-order valence-corrected chi connectivity index (χ4v) is 2.57. The van der Waals surface area contributed by atoms with Gasteiger partial charge in [0.05, 0.1) is 4.47 Å². The van der Waals surface area contributed by atoms with Gasteiger partial charge in [-0.15, -0.1) is 0 Å². The van der Waals surface area contributed by atoms with Gasteiger partial charge in [-0.05, 0) is 39.5 Å². The second-order valence-corrected chi connectivity index (χ2v) is 5.88. The normalized spacial score (nSPS) is 23.9. The van der Waals surface area contributed by atoms with E-state index in [0.29, 0.717) is 10.0 Å². The summed E-state index contributed by atoms with van der Waals surface area (Å²) in [5.41, 5.74) is 0.628. The molecule has 1 aromatic carbocycles. The molecular formula is C14H17BrN2O3. The number of carbonyl (C=O) groups is 2. The number of amides is 2. The number of rotatable bonds is 3. The average molecular weight is 341 g/mol. The number of carbonyl (C=O) groups excluding carboxylic acids is 2. The Balaban J connectivity index is 2.21. The molecule has 2 rings (SSSR count). The predicted octanol–water partition coefficient (Wildman–Crippen LogP) is 1.86. The summed E-state index contributed by atoms with van der Waals surface area (Å²) in [5, 5.41) is 15.0. The Kier molecular flexibility index (Phi) is 4.32. The summed E-state index contributed by atoms with van der Waals surface area (Å²) in [6, 6.07) is 3.53. The Morgan fingerprint density at radius 1 is 1.30 bits per heavy atom. The Labute approximate surface area is 125 Å². The summed E-state index contributed by atoms with van der Waals surface area (Å²) >= 11 is 3.20. The molecule has 3 atom stereocenters. The zero-order valence-electron chi connectivity index (χ0n) is 11.3. The second kappa shape index (κ2) is 5.83. The largest absolute Gasteiger partial charge is 0.507 e. The van der Waals surface area contributed by atoms with Gasteiger partial charge in [0, 0.05) is 0 Å². The van der Waals surface area contributed by atoms with E-state index >= 15 is 0 Å². The first kappa shape index (κ1) is 14.8. The van der Waals surface area contributed by atoms with Crippen LogP contribution in [0.2, 0.25) is 0 Å². The Morgan fingerprint density at radius 3 is 2.60 bits per heavy atom. The van der Waals surface area contributed by atoms with E-state index in [2.05, 4.69) is 26.6 Å². The van der Waals surface area contributed by atoms with Crippen LogP contribution in [-0.4, -0.2) is 23.0 Å². The Bertz CT molecular complexity index is 547. The second-order valence-electron chi connectivity index (χ2n) is 5.02. The summed E-state index contributed by atoms with van der Waals surface area (Å²) in [6.45, 7) is 3.91. The number of halogens is 1. The molecule has 108 valence electrons. The fraction of sp³-hybridized carbons (Fsp3) is 0.429. The van der Waals surface area contributed by atoms with Crippen LogP contribution in [0.15, 0.2) is 22.7 Å². The fourth-order valence-electron chi connectivity index (χ4n) is 2.17. The van der Waals surface area contributed by atoms with Gasteiger partial charge in [0.2, 0.25) is 11.8 Å². The lowest BCUT2D eigenvalue weighted by Gasteiger charge is -2.32. The van der Waals surface area contributed by atoms with Crippen molar-refractivity contribution in [3.05, 3.63) is 28.2 Å². The van der Waals surface area contributed by atoms with Crippen LogP contribution in [0.1, 0.15) is 31.9 Å². The maximum absolute atomic E-state index is 12.2. The standard InChI is InChI=1S/C14H17BrN2O3/c1-3-7(2)11-13(19)17-12(14(20)16-11)8-4-5-10(18)9(15)6-8/h4-7,11-12,18H,3H2,1-2H3,(H,16,20)(H,17,19)/t7-,11-,12?/m0/s1. The van der Waals surface area contributed by atoms with E-state index in [9.17, 15) is 14.7 Å². The minimum absolute atomic E-state index is 0.0893. The van der Waals surface area contributed by atoms with Crippen molar-refractivity contribution < 1.29 is 14.7 Å². The number of hydrogen-bond donors (Lipinski definition) is 3. The highest BCUT2D eigenvalue weighted by Crippen LogP contribution is 2.28. The van der Waals surface area contributed by atoms with Crippen molar-refractivity contribution in [3.63, 3.8) is 0 Å². The molecule has 5 nitrogen and oxygen atoms in total. The minimum atomic E-state index is -0.722. The molecule has 0 aromatic heterocycles. The Hall–Kier alpha value is -1.56. The van der Waals surface area contributed by atoms with Crippen molar-refractivity contribution in [1.29, 1.82) is 0 Å². The molecule has 0 spiro atoms. The van der Waals surface area contributed by atoms with Crippen LogP contribution < -0.4 is 10.6 Å². The molecule has 1 aliphatic rings. The number of aromatic hydroxyl groups is 1. The van der Waals surface area contributed by atoms with Gasteiger partial charge in [-0.1, -0.05) is 26.3 Å². The number of benzene rings is 1. The van der Waals surface area contributed by atoms with Crippen LogP contribution in [-0.2, 0) is 9.59 Å². The zero-order valence-corrected chi connectivity index (χ0v) is 12.9. The molecule has 1 saturated heterocycles. The summed E-state index contributed by atoms with van der Waals surface area (Å²) in [5.74, 6) is -0.221. The first-order valence-electron chi connectivity index (χ1n) is 6.53. The summed E-state index contributed by atoms with van der Waals surface area (Å²) in [7, 11) is 0. The van der Waals surface area contributed by atoms with Gasteiger partial charge < -0.3 is 15.7 Å². The molecule has 2 amide bonds. The van der Waals surface area contributed by atoms with Crippen molar-refractivity contribution in [3.8, 4) is 5.75 Å². The molecular weight excluding hydrogens is 324 g/mol. The van der Waals surface area contributed by atoms with Crippen molar-refractivity contribution >= 4 is 27.7 Å². The summed E-state index contributed by atoms with van der Waals surface area (Å²) in [4.78, 5) is 24.3. The van der Waals surface area contributed by atoms with Crippen LogP contribution in [0, 0.1) is 5.92 Å². The third-order valence-electron chi connectivity index (χ3n) is 3.65. The number of phenolic OH excluding ortho intramolecular Hbond substituents is 1. The van der Waals surface area contributed by atoms with E-state index in [1.807, 2.05) is 13.8 Å². The van der Waals surface area contributed by atoms with Gasteiger partial charge in [0.25, 0.3) is 0 Å². The number of phenols is 1. The molecule has 20 heavy (non-hydrogen) atoms. The maximum atomic E-state index is 12.2. The zero-order chi connectivity index (χ0) is 14.9. The van der Waals surface area contributed by atoms with E-state index in [-0.39, 0.29) is 23.5 Å². The van der Waals surface area contributed by atoms with E-state index in [0.717, 1.165) is 6.42 Å². The monoisotopic (exact) mass is 340 g/mol. The van der Waals surface area contributed by atoms with Crippen molar-refractivity contribution in [1.82, 2.24) is 10.6 Å². The van der Waals surface area contributed by atoms with E-state index in [4.69, 9.17) is 0 Å². The lowest BCUT2D eigenvalue weighted by Crippen LogP contribution is -2.59. The molecule has 1 aliphatic heterocycles. The molecule has 1 aromatic rings. The van der Waals surface area contributed by atoms with Gasteiger partial charge in [-0.2, -0.15) is 0 Å². The maximum Gasteiger partial charge on any atom is 0.247 e. The van der Waals surface area contributed by atoms with Crippen LogP contribution in [0.4, 0.5) is 0 Å². The summed E-state index contributed by atoms with van der Waals surface area (Å²) in [6.07, 6.45) is 0.813. The molecule has 1 heterocycles. The average Bonchev–Trinajstić information content (AvgIpc) is 2.43. The molecule has 0 saturated carbocycles. The molecule has 0 radical (unpaired) electrons. The topological polar surface area (TPSA) is 78.4 Å². The third-order valence-corrected chi connectivity index (χ3v) is 4.28. The summed E-state index contributed by atoms with van der Waals surface area (Å²) < 4.78 is 0.487. The smallest absolute Gasteiger partial charge is 0.247 e. The van der Waals surface area contributed by atoms with E-state index in [1.165, 1.54) is 6.07 Å². The van der Waals surface area contributed by atoms with E-state index in [1.54, 1.807) is 12.1 Å². The van der Waals surface area contributed by atoms with Gasteiger partial charge in [0.15, 0.2) is 0 Å². The first-order chi connectivity index (χ1) is 9.43. The van der Waals surface area contributed by atoms with Crippen LogP contribution in [0.3, 0.4) is 0 Å². The Morgan fingerprint density at radius 2 is 2.00 bits per heavy atom. The third kappa shape index (κ3) is 2.80. The van der Waals surface area contributed by atoms with Crippen LogP contribution in [0.5, 0.6) is 5.75 Å². The quantitative estimate of drug-likeness (QED) is 0.785. The van der Waals surface area contributed by atoms with Crippen molar-refractivity contribution in [2.75, 3.05) is 0 Å². The lowest BCUT2D eigenvalue weighted by molar-refractivity contribution is -0.138. The van der Waals surface area contributed by atoms with Gasteiger partial charge >= 0.3 is 0 Å². The minimum Gasteiger partial charge on any atom is -0.507 e. The molecule has 1 unspecified atom stereocenters.